The van der Waals surface area contributed by atoms with Gasteiger partial charge in [-0.3, -0.25) is 10.5 Å². The number of hydrogen-bond donors (Lipinski definition) is 1. The minimum Gasteiger partial charge on any atom is -0.354 e. The van der Waals surface area contributed by atoms with Gasteiger partial charge in [0.05, 0.1) is 10.7 Å². The molecule has 1 atom stereocenters. The van der Waals surface area contributed by atoms with Crippen molar-refractivity contribution in [2.24, 2.45) is 0 Å². The first-order valence-corrected chi connectivity index (χ1v) is 7.53. The third-order valence-corrected chi connectivity index (χ3v) is 3.43. The fourth-order valence-corrected chi connectivity index (χ4v) is 2.19. The summed E-state index contributed by atoms with van der Waals surface area (Å²) in [7, 11) is 1.56. The third kappa shape index (κ3) is 5.03. The SMILES string of the molecule is CCC(OC)ONC(=Cc1cccnc1)c1ccc(F)cc1Cl. The van der Waals surface area contributed by atoms with Crippen LogP contribution in [-0.4, -0.2) is 18.4 Å². The van der Waals surface area contributed by atoms with Crippen molar-refractivity contribution >= 4 is 23.4 Å². The Morgan fingerprint density at radius 1 is 1.43 bits per heavy atom. The lowest BCUT2D eigenvalue weighted by atomic mass is 10.1. The molecule has 1 heterocycles. The van der Waals surface area contributed by atoms with Crippen LogP contribution in [0.2, 0.25) is 5.02 Å². The quantitative estimate of drug-likeness (QED) is 0.605. The summed E-state index contributed by atoms with van der Waals surface area (Å²) in [6.45, 7) is 1.94. The molecule has 0 aliphatic heterocycles. The second kappa shape index (κ2) is 8.62. The van der Waals surface area contributed by atoms with Gasteiger partial charge in [-0.15, -0.1) is 0 Å². The number of pyridine rings is 1. The second-order valence-electron chi connectivity index (χ2n) is 4.76. The van der Waals surface area contributed by atoms with Gasteiger partial charge in [0.25, 0.3) is 0 Å². The predicted octanol–water partition coefficient (Wildman–Crippen LogP) is 4.28. The highest BCUT2D eigenvalue weighted by Crippen LogP contribution is 2.25. The maximum atomic E-state index is 13.3. The van der Waals surface area contributed by atoms with Crippen LogP contribution < -0.4 is 5.48 Å². The molecule has 0 radical (unpaired) electrons. The maximum Gasteiger partial charge on any atom is 0.182 e. The molecule has 1 N–H and O–H groups in total. The number of aromatic nitrogens is 1. The van der Waals surface area contributed by atoms with Crippen LogP contribution in [0.1, 0.15) is 24.5 Å². The van der Waals surface area contributed by atoms with E-state index < -0.39 is 12.1 Å². The van der Waals surface area contributed by atoms with E-state index in [1.807, 2.05) is 25.1 Å². The first-order valence-electron chi connectivity index (χ1n) is 7.15. The molecule has 0 amide bonds. The van der Waals surface area contributed by atoms with E-state index in [2.05, 4.69) is 10.5 Å². The number of methoxy groups -OCH3 is 1. The lowest BCUT2D eigenvalue weighted by Gasteiger charge is -2.18. The Morgan fingerprint density at radius 3 is 2.87 bits per heavy atom. The van der Waals surface area contributed by atoms with Gasteiger partial charge in [-0.2, -0.15) is 0 Å². The van der Waals surface area contributed by atoms with Crippen LogP contribution in [0.3, 0.4) is 0 Å². The Balaban J connectivity index is 2.33. The number of benzene rings is 1. The van der Waals surface area contributed by atoms with E-state index in [-0.39, 0.29) is 5.02 Å². The van der Waals surface area contributed by atoms with Gasteiger partial charge < -0.3 is 4.74 Å². The highest BCUT2D eigenvalue weighted by molar-refractivity contribution is 6.32. The zero-order chi connectivity index (χ0) is 16.7. The van der Waals surface area contributed by atoms with Gasteiger partial charge in [0.15, 0.2) is 6.29 Å². The van der Waals surface area contributed by atoms with E-state index in [1.54, 1.807) is 25.6 Å². The van der Waals surface area contributed by atoms with E-state index in [9.17, 15) is 4.39 Å². The fourth-order valence-electron chi connectivity index (χ4n) is 1.93. The third-order valence-electron chi connectivity index (χ3n) is 3.11. The van der Waals surface area contributed by atoms with Gasteiger partial charge in [-0.25, -0.2) is 9.23 Å². The fraction of sp³-hybridized carbons (Fsp3) is 0.235. The van der Waals surface area contributed by atoms with E-state index in [4.69, 9.17) is 21.2 Å². The summed E-state index contributed by atoms with van der Waals surface area (Å²) < 4.78 is 18.4. The number of hydrogen-bond acceptors (Lipinski definition) is 4. The average molecular weight is 337 g/mol. The van der Waals surface area contributed by atoms with Crippen LogP contribution in [0.5, 0.6) is 0 Å². The molecule has 0 saturated carbocycles. The highest BCUT2D eigenvalue weighted by Gasteiger charge is 2.11. The summed E-state index contributed by atoms with van der Waals surface area (Å²) in [6, 6.07) is 7.89. The molecule has 0 saturated heterocycles. The lowest BCUT2D eigenvalue weighted by Crippen LogP contribution is -2.24. The van der Waals surface area contributed by atoms with Crippen molar-refractivity contribution < 1.29 is 14.0 Å². The zero-order valence-corrected chi connectivity index (χ0v) is 13.7. The Kier molecular flexibility index (Phi) is 6.52. The number of rotatable bonds is 7. The molecule has 1 aromatic heterocycles. The number of nitrogens with zero attached hydrogens (tertiary/aromatic N) is 1. The Morgan fingerprint density at radius 2 is 2.26 bits per heavy atom. The van der Waals surface area contributed by atoms with Crippen LogP contribution in [0.25, 0.3) is 11.8 Å². The number of hydroxylamine groups is 1. The molecule has 1 aromatic carbocycles. The van der Waals surface area contributed by atoms with E-state index in [1.165, 1.54) is 12.1 Å². The molecule has 0 spiro atoms. The van der Waals surface area contributed by atoms with Gasteiger partial charge >= 0.3 is 0 Å². The van der Waals surface area contributed by atoms with Gasteiger partial charge in [-0.05, 0) is 42.3 Å². The maximum absolute atomic E-state index is 13.3. The lowest BCUT2D eigenvalue weighted by molar-refractivity contribution is -0.151. The summed E-state index contributed by atoms with van der Waals surface area (Å²) >= 11 is 6.15. The molecule has 0 bridgehead atoms. The summed E-state index contributed by atoms with van der Waals surface area (Å²) in [6.07, 6.45) is 5.46. The highest BCUT2D eigenvalue weighted by atomic mass is 35.5. The number of halogens is 2. The van der Waals surface area contributed by atoms with Crippen LogP contribution in [-0.2, 0) is 9.57 Å². The normalized spacial score (nSPS) is 13.0. The Labute approximate surface area is 139 Å². The first kappa shape index (κ1) is 17.4. The molecular weight excluding hydrogens is 319 g/mol. The standard InChI is InChI=1S/C17H18ClFN2O2/c1-3-17(22-2)23-21-16(9-12-5-4-8-20-11-12)14-7-6-13(19)10-15(14)18/h4-11,17,21H,3H2,1-2H3. The number of nitrogens with one attached hydrogen (secondary N) is 1. The molecule has 6 heteroatoms. The largest absolute Gasteiger partial charge is 0.354 e. The molecule has 0 fully saturated rings. The van der Waals surface area contributed by atoms with Crippen molar-refractivity contribution in [2.75, 3.05) is 7.11 Å². The van der Waals surface area contributed by atoms with Crippen molar-refractivity contribution in [2.45, 2.75) is 19.6 Å². The second-order valence-corrected chi connectivity index (χ2v) is 5.17. The van der Waals surface area contributed by atoms with Crippen LogP contribution in [0, 0.1) is 5.82 Å². The summed E-state index contributed by atoms with van der Waals surface area (Å²) in [5.74, 6) is -0.399. The van der Waals surface area contributed by atoms with Gasteiger partial charge in [-0.1, -0.05) is 24.6 Å². The zero-order valence-electron chi connectivity index (χ0n) is 12.9. The van der Waals surface area contributed by atoms with Crippen LogP contribution in [0.15, 0.2) is 42.7 Å². The molecule has 4 nitrogen and oxygen atoms in total. The van der Waals surface area contributed by atoms with E-state index in [0.717, 1.165) is 5.56 Å². The summed E-state index contributed by atoms with van der Waals surface area (Å²) in [5, 5.41) is 0.279. The van der Waals surface area contributed by atoms with Gasteiger partial charge in [0.2, 0.25) is 0 Å². The minimum atomic E-state index is -0.411. The molecule has 0 aliphatic carbocycles. The van der Waals surface area contributed by atoms with E-state index in [0.29, 0.717) is 17.7 Å². The smallest absolute Gasteiger partial charge is 0.182 e. The number of ether oxygens (including phenoxy) is 1. The molecule has 2 aromatic rings. The van der Waals surface area contributed by atoms with Crippen molar-refractivity contribution in [1.29, 1.82) is 0 Å². The molecule has 2 rings (SSSR count). The Bertz CT molecular complexity index is 661. The van der Waals surface area contributed by atoms with Crippen molar-refractivity contribution in [3.63, 3.8) is 0 Å². The van der Waals surface area contributed by atoms with Crippen LogP contribution >= 0.6 is 11.6 Å². The molecular formula is C17H18ClFN2O2. The monoisotopic (exact) mass is 336 g/mol. The average Bonchev–Trinajstić information content (AvgIpc) is 2.56. The van der Waals surface area contributed by atoms with Crippen LogP contribution in [0.4, 0.5) is 4.39 Å². The van der Waals surface area contributed by atoms with Crippen molar-refractivity contribution in [1.82, 2.24) is 10.5 Å². The predicted molar refractivity (Wildman–Crippen MR) is 88.8 cm³/mol. The Hall–Kier alpha value is -1.95. The first-order chi connectivity index (χ1) is 11.1. The van der Waals surface area contributed by atoms with Crippen molar-refractivity contribution in [3.05, 3.63) is 64.7 Å². The van der Waals surface area contributed by atoms with E-state index >= 15 is 0 Å². The van der Waals surface area contributed by atoms with Crippen molar-refractivity contribution in [3.8, 4) is 0 Å². The molecule has 23 heavy (non-hydrogen) atoms. The molecule has 122 valence electrons. The van der Waals surface area contributed by atoms with Gasteiger partial charge in [0, 0.05) is 25.1 Å². The molecule has 0 aliphatic rings. The topological polar surface area (TPSA) is 43.4 Å². The minimum absolute atomic E-state index is 0.279. The summed E-state index contributed by atoms with van der Waals surface area (Å²) in [4.78, 5) is 9.57. The van der Waals surface area contributed by atoms with Gasteiger partial charge in [0.1, 0.15) is 5.82 Å². The molecule has 1 unspecified atom stereocenters. The summed E-state index contributed by atoms with van der Waals surface area (Å²) in [5.41, 5.74) is 4.90.